The van der Waals surface area contributed by atoms with Crippen molar-refractivity contribution in [1.82, 2.24) is 0 Å². The van der Waals surface area contributed by atoms with Crippen molar-refractivity contribution in [3.05, 3.63) is 36.4 Å². The van der Waals surface area contributed by atoms with Crippen LogP contribution >= 0.6 is 0 Å². The zero-order chi connectivity index (χ0) is 12.1. The largest absolute Gasteiger partial charge is 0.506 e. The molecule has 1 aromatic rings. The molecule has 5 nitrogen and oxygen atoms in total. The summed E-state index contributed by atoms with van der Waals surface area (Å²) in [5.74, 6) is -1.21. The Morgan fingerprint density at radius 2 is 2.00 bits per heavy atom. The summed E-state index contributed by atoms with van der Waals surface area (Å²) < 4.78 is 0. The van der Waals surface area contributed by atoms with Crippen molar-refractivity contribution in [2.75, 3.05) is 5.32 Å². The summed E-state index contributed by atoms with van der Waals surface area (Å²) in [7, 11) is 0. The summed E-state index contributed by atoms with van der Waals surface area (Å²) in [6.07, 6.45) is -0.191. The summed E-state index contributed by atoms with van der Waals surface area (Å²) in [6, 6.07) is 6.28. The smallest absolute Gasteiger partial charge is 0.244 e. The number of hydrogen-bond acceptors (Lipinski definition) is 3. The van der Waals surface area contributed by atoms with Gasteiger partial charge in [-0.3, -0.25) is 9.59 Å². The lowest BCUT2D eigenvalue weighted by Crippen LogP contribution is -2.19. The van der Waals surface area contributed by atoms with Crippen molar-refractivity contribution in [3.63, 3.8) is 0 Å². The number of carbonyl (C=O) groups excluding carboxylic acids is 2. The fourth-order valence-corrected chi connectivity index (χ4v) is 1.05. The molecule has 1 rings (SSSR count). The number of anilines is 1. The molecule has 0 aliphatic carbocycles. The molecule has 5 heteroatoms. The molecule has 2 amide bonds. The minimum absolute atomic E-state index is 0.0212. The van der Waals surface area contributed by atoms with E-state index in [-0.39, 0.29) is 23.4 Å². The van der Waals surface area contributed by atoms with Crippen LogP contribution in [0.15, 0.2) is 36.4 Å². The van der Waals surface area contributed by atoms with Gasteiger partial charge in [0.05, 0.1) is 12.1 Å². The second-order valence-corrected chi connectivity index (χ2v) is 3.21. The highest BCUT2D eigenvalue weighted by molar-refractivity contribution is 6.01. The number of carbonyl (C=O) groups is 2. The Hall–Kier alpha value is -2.30. The Morgan fingerprint density at radius 3 is 2.56 bits per heavy atom. The van der Waals surface area contributed by atoms with E-state index in [0.717, 1.165) is 0 Å². The van der Waals surface area contributed by atoms with Crippen molar-refractivity contribution in [2.24, 2.45) is 5.73 Å². The third-order valence-electron chi connectivity index (χ3n) is 1.90. The van der Waals surface area contributed by atoms with E-state index in [1.807, 2.05) is 0 Å². The summed E-state index contributed by atoms with van der Waals surface area (Å²) >= 11 is 0. The van der Waals surface area contributed by atoms with E-state index in [1.165, 1.54) is 6.07 Å². The second kappa shape index (κ2) is 4.97. The van der Waals surface area contributed by atoms with Gasteiger partial charge in [-0.2, -0.15) is 0 Å². The molecule has 0 bridgehead atoms. The van der Waals surface area contributed by atoms with Gasteiger partial charge in [-0.1, -0.05) is 18.7 Å². The third kappa shape index (κ3) is 3.13. The minimum Gasteiger partial charge on any atom is -0.506 e. The van der Waals surface area contributed by atoms with Crippen LogP contribution in [0.3, 0.4) is 0 Å². The van der Waals surface area contributed by atoms with Crippen molar-refractivity contribution in [3.8, 4) is 5.75 Å². The Kier molecular flexibility index (Phi) is 3.66. The van der Waals surface area contributed by atoms with Gasteiger partial charge in [-0.25, -0.2) is 0 Å². The number of nitrogens with one attached hydrogen (secondary N) is 1. The monoisotopic (exact) mass is 220 g/mol. The maximum Gasteiger partial charge on any atom is 0.244 e. The molecule has 0 radical (unpaired) electrons. The van der Waals surface area contributed by atoms with E-state index in [0.29, 0.717) is 0 Å². The number of rotatable bonds is 4. The molecule has 0 unspecified atom stereocenters. The van der Waals surface area contributed by atoms with Crippen LogP contribution in [0.4, 0.5) is 5.69 Å². The van der Waals surface area contributed by atoms with Crippen LogP contribution < -0.4 is 11.1 Å². The lowest BCUT2D eigenvalue weighted by atomic mass is 10.2. The predicted octanol–water partition coefficient (Wildman–Crippen LogP) is 0.762. The fourth-order valence-electron chi connectivity index (χ4n) is 1.05. The zero-order valence-corrected chi connectivity index (χ0v) is 8.56. The first-order chi connectivity index (χ1) is 7.50. The summed E-state index contributed by atoms with van der Waals surface area (Å²) in [6.45, 7) is 3.36. The SMILES string of the molecule is C=C(CC(=O)Nc1ccccc1O)C(N)=O. The van der Waals surface area contributed by atoms with Gasteiger partial charge in [0.25, 0.3) is 0 Å². The summed E-state index contributed by atoms with van der Waals surface area (Å²) in [5, 5.41) is 11.8. The molecule has 4 N–H and O–H groups in total. The van der Waals surface area contributed by atoms with Gasteiger partial charge < -0.3 is 16.2 Å². The second-order valence-electron chi connectivity index (χ2n) is 3.21. The number of primary amides is 1. The normalized spacial score (nSPS) is 9.50. The molecule has 0 spiro atoms. The highest BCUT2D eigenvalue weighted by Gasteiger charge is 2.10. The number of phenols is 1. The maximum absolute atomic E-state index is 11.4. The molecule has 0 aliphatic heterocycles. The van der Waals surface area contributed by atoms with E-state index in [4.69, 9.17) is 5.73 Å². The zero-order valence-electron chi connectivity index (χ0n) is 8.56. The summed E-state index contributed by atoms with van der Waals surface area (Å²) in [5.41, 5.74) is 5.24. The van der Waals surface area contributed by atoms with Crippen molar-refractivity contribution in [2.45, 2.75) is 6.42 Å². The molecule has 16 heavy (non-hydrogen) atoms. The van der Waals surface area contributed by atoms with Crippen LogP contribution in [0.1, 0.15) is 6.42 Å². The van der Waals surface area contributed by atoms with Gasteiger partial charge in [0, 0.05) is 5.57 Å². The molecule has 0 aromatic heterocycles. The highest BCUT2D eigenvalue weighted by atomic mass is 16.3. The van der Waals surface area contributed by atoms with E-state index in [1.54, 1.807) is 18.2 Å². The molecule has 84 valence electrons. The number of amides is 2. The Bertz CT molecular complexity index is 441. The first kappa shape index (κ1) is 11.8. The quantitative estimate of drug-likeness (QED) is 0.516. The summed E-state index contributed by atoms with van der Waals surface area (Å²) in [4.78, 5) is 22.0. The van der Waals surface area contributed by atoms with Gasteiger partial charge in [0.1, 0.15) is 5.75 Å². The third-order valence-corrected chi connectivity index (χ3v) is 1.90. The first-order valence-electron chi connectivity index (χ1n) is 4.56. The average Bonchev–Trinajstić information content (AvgIpc) is 2.21. The van der Waals surface area contributed by atoms with Crippen LogP contribution in [-0.2, 0) is 9.59 Å². The van der Waals surface area contributed by atoms with Crippen LogP contribution in [0.2, 0.25) is 0 Å². The molecule has 1 aromatic carbocycles. The van der Waals surface area contributed by atoms with Gasteiger partial charge in [0.15, 0.2) is 0 Å². The topological polar surface area (TPSA) is 92.4 Å². The lowest BCUT2D eigenvalue weighted by molar-refractivity contribution is -0.119. The molecule has 0 heterocycles. The molecule has 0 atom stereocenters. The molecule has 0 aliphatic rings. The van der Waals surface area contributed by atoms with E-state index in [2.05, 4.69) is 11.9 Å². The predicted molar refractivity (Wildman–Crippen MR) is 59.7 cm³/mol. The van der Waals surface area contributed by atoms with Crippen LogP contribution in [0.5, 0.6) is 5.75 Å². The van der Waals surface area contributed by atoms with E-state index >= 15 is 0 Å². The number of benzene rings is 1. The van der Waals surface area contributed by atoms with E-state index in [9.17, 15) is 14.7 Å². The lowest BCUT2D eigenvalue weighted by Gasteiger charge is -2.06. The molecular formula is C11H12N2O3. The Labute approximate surface area is 92.6 Å². The van der Waals surface area contributed by atoms with Crippen LogP contribution in [0.25, 0.3) is 0 Å². The van der Waals surface area contributed by atoms with Crippen LogP contribution in [0, 0.1) is 0 Å². The number of phenolic OH excluding ortho intramolecular Hbond substituents is 1. The Morgan fingerprint density at radius 1 is 1.38 bits per heavy atom. The number of nitrogens with two attached hydrogens (primary N) is 1. The standard InChI is InChI=1S/C11H12N2O3/c1-7(11(12)16)6-10(15)13-8-4-2-3-5-9(8)14/h2-5,14H,1,6H2,(H2,12,16)(H,13,15). The highest BCUT2D eigenvalue weighted by Crippen LogP contribution is 2.21. The molecule has 0 saturated heterocycles. The van der Waals surface area contributed by atoms with Crippen molar-refractivity contribution < 1.29 is 14.7 Å². The van der Waals surface area contributed by atoms with Crippen molar-refractivity contribution >= 4 is 17.5 Å². The number of aromatic hydroxyl groups is 1. The molecule has 0 fully saturated rings. The number of hydrogen-bond donors (Lipinski definition) is 3. The van der Waals surface area contributed by atoms with Gasteiger partial charge in [-0.05, 0) is 12.1 Å². The first-order valence-corrected chi connectivity index (χ1v) is 4.56. The van der Waals surface area contributed by atoms with Crippen molar-refractivity contribution in [1.29, 1.82) is 0 Å². The molecule has 0 saturated carbocycles. The fraction of sp³-hybridized carbons (Fsp3) is 0.0909. The maximum atomic E-state index is 11.4. The average molecular weight is 220 g/mol. The van der Waals surface area contributed by atoms with E-state index < -0.39 is 11.8 Å². The number of para-hydroxylation sites is 2. The van der Waals surface area contributed by atoms with Gasteiger partial charge in [-0.15, -0.1) is 0 Å². The Balaban J connectivity index is 2.62. The molecular weight excluding hydrogens is 208 g/mol. The van der Waals surface area contributed by atoms with Gasteiger partial charge >= 0.3 is 0 Å². The minimum atomic E-state index is -0.715. The van der Waals surface area contributed by atoms with Crippen LogP contribution in [-0.4, -0.2) is 16.9 Å². The van der Waals surface area contributed by atoms with Gasteiger partial charge in [0.2, 0.25) is 11.8 Å².